The quantitative estimate of drug-likeness (QED) is 0.861. The maximum Gasteiger partial charge on any atom is 0.229 e. The normalized spacial score (nSPS) is 24.8. The number of nitrogens with one attached hydrogen (secondary N) is 1. The molecule has 1 aromatic rings. The lowest BCUT2D eigenvalue weighted by molar-refractivity contribution is -0.132. The van der Waals surface area contributed by atoms with Crippen LogP contribution in [0.5, 0.6) is 5.88 Å². The van der Waals surface area contributed by atoms with Gasteiger partial charge < -0.3 is 15.0 Å². The maximum absolute atomic E-state index is 12.8. The van der Waals surface area contributed by atoms with Crippen molar-refractivity contribution in [1.82, 2.24) is 15.2 Å². The van der Waals surface area contributed by atoms with E-state index >= 15 is 0 Å². The Morgan fingerprint density at radius 2 is 2.16 bits per heavy atom. The number of piperidine rings is 1. The Hall–Kier alpha value is -1.62. The first-order valence-electron chi connectivity index (χ1n) is 9.44. The van der Waals surface area contributed by atoms with Gasteiger partial charge in [0.1, 0.15) is 6.61 Å². The lowest BCUT2D eigenvalue weighted by Gasteiger charge is -2.37. The van der Waals surface area contributed by atoms with Crippen LogP contribution in [0.4, 0.5) is 0 Å². The van der Waals surface area contributed by atoms with E-state index in [1.807, 2.05) is 19.9 Å². The van der Waals surface area contributed by atoms with Gasteiger partial charge in [0.05, 0.1) is 5.41 Å². The average molecular weight is 345 g/mol. The first-order chi connectivity index (χ1) is 11.9. The molecule has 1 aromatic heterocycles. The topological polar surface area (TPSA) is 54.5 Å². The molecule has 2 heterocycles. The average Bonchev–Trinajstić information content (AvgIpc) is 3.40. The molecule has 138 valence electrons. The number of pyridine rings is 1. The van der Waals surface area contributed by atoms with E-state index in [1.54, 1.807) is 6.20 Å². The summed E-state index contributed by atoms with van der Waals surface area (Å²) in [6.45, 7) is 8.51. The second-order valence-corrected chi connectivity index (χ2v) is 8.45. The highest BCUT2D eigenvalue weighted by Gasteiger charge is 2.34. The minimum absolute atomic E-state index is 0.0674. The fourth-order valence-electron chi connectivity index (χ4n) is 3.48. The molecule has 2 fully saturated rings. The van der Waals surface area contributed by atoms with E-state index in [1.165, 1.54) is 18.4 Å². The number of carbonyl (C=O) groups is 1. The smallest absolute Gasteiger partial charge is 0.229 e. The summed E-state index contributed by atoms with van der Waals surface area (Å²) in [4.78, 5) is 19.5. The number of nitrogens with zero attached hydrogens (tertiary/aromatic N) is 2. The molecule has 5 nitrogen and oxygen atoms in total. The van der Waals surface area contributed by atoms with Crippen molar-refractivity contribution in [2.24, 2.45) is 11.3 Å². The van der Waals surface area contributed by atoms with Crippen LogP contribution >= 0.6 is 0 Å². The number of hydrogen-bond donors (Lipinski definition) is 1. The number of hydrogen-bond acceptors (Lipinski definition) is 4. The van der Waals surface area contributed by atoms with Crippen LogP contribution < -0.4 is 10.1 Å². The van der Waals surface area contributed by atoms with Crippen molar-refractivity contribution in [3.63, 3.8) is 0 Å². The van der Waals surface area contributed by atoms with E-state index in [0.29, 0.717) is 24.3 Å². The molecular formula is C20H31N3O2. The first kappa shape index (κ1) is 18.2. The van der Waals surface area contributed by atoms with Crippen molar-refractivity contribution in [2.45, 2.75) is 52.0 Å². The van der Waals surface area contributed by atoms with Crippen LogP contribution in [0.1, 0.15) is 51.5 Å². The summed E-state index contributed by atoms with van der Waals surface area (Å²) in [5.41, 5.74) is 0.601. The van der Waals surface area contributed by atoms with Crippen molar-refractivity contribution in [2.75, 3.05) is 26.7 Å². The zero-order valence-corrected chi connectivity index (χ0v) is 15.9. The lowest BCUT2D eigenvalue weighted by atomic mass is 9.89. The monoisotopic (exact) mass is 345 g/mol. The second-order valence-electron chi connectivity index (χ2n) is 8.45. The molecule has 0 unspecified atom stereocenters. The van der Waals surface area contributed by atoms with Gasteiger partial charge in [-0.2, -0.15) is 0 Å². The SMILES string of the molecule is C[C@@H]1CN(C)CC[C@H]1NC(=O)C(C)(C)COc1ncccc1C1CC1. The highest BCUT2D eigenvalue weighted by atomic mass is 16.5. The standard InChI is InChI=1S/C20H31N3O2/c1-14-12-23(4)11-9-17(14)22-19(24)20(2,3)13-25-18-16(15-7-8-15)6-5-10-21-18/h5-6,10,14-15,17H,7-9,11-13H2,1-4H3,(H,22,24)/t14-,17-/m1/s1. The Labute approximate surface area is 151 Å². The zero-order valence-electron chi connectivity index (χ0n) is 15.9. The summed E-state index contributed by atoms with van der Waals surface area (Å²) in [5.74, 6) is 1.81. The number of amides is 1. The van der Waals surface area contributed by atoms with E-state index in [2.05, 4.69) is 35.2 Å². The third-order valence-electron chi connectivity index (χ3n) is 5.43. The summed E-state index contributed by atoms with van der Waals surface area (Å²) in [6, 6.07) is 4.30. The molecule has 2 atom stereocenters. The molecule has 25 heavy (non-hydrogen) atoms. The molecule has 1 aliphatic heterocycles. The van der Waals surface area contributed by atoms with Gasteiger partial charge in [-0.15, -0.1) is 0 Å². The highest BCUT2D eigenvalue weighted by molar-refractivity contribution is 5.82. The van der Waals surface area contributed by atoms with Crippen LogP contribution in [0.3, 0.4) is 0 Å². The molecule has 1 aliphatic carbocycles. The van der Waals surface area contributed by atoms with E-state index in [0.717, 1.165) is 19.5 Å². The molecule has 1 N–H and O–H groups in total. The predicted octanol–water partition coefficient (Wildman–Crippen LogP) is 2.82. The van der Waals surface area contributed by atoms with Gasteiger partial charge in [-0.1, -0.05) is 13.0 Å². The highest BCUT2D eigenvalue weighted by Crippen LogP contribution is 2.43. The zero-order chi connectivity index (χ0) is 18.0. The number of rotatable bonds is 6. The molecular weight excluding hydrogens is 314 g/mol. The minimum Gasteiger partial charge on any atom is -0.476 e. The van der Waals surface area contributed by atoms with Crippen molar-refractivity contribution in [1.29, 1.82) is 0 Å². The van der Waals surface area contributed by atoms with Gasteiger partial charge >= 0.3 is 0 Å². The lowest BCUT2D eigenvalue weighted by Crippen LogP contribution is -2.52. The van der Waals surface area contributed by atoms with E-state index in [-0.39, 0.29) is 11.9 Å². The van der Waals surface area contributed by atoms with Crippen LogP contribution in [0, 0.1) is 11.3 Å². The number of aromatic nitrogens is 1. The molecule has 1 amide bonds. The first-order valence-corrected chi connectivity index (χ1v) is 9.44. The van der Waals surface area contributed by atoms with Crippen molar-refractivity contribution < 1.29 is 9.53 Å². The third-order valence-corrected chi connectivity index (χ3v) is 5.43. The van der Waals surface area contributed by atoms with Gasteiger partial charge in [0.2, 0.25) is 11.8 Å². The summed E-state index contributed by atoms with van der Waals surface area (Å²) in [7, 11) is 2.14. The number of likely N-dealkylation sites (tertiary alicyclic amines) is 1. The van der Waals surface area contributed by atoms with E-state index in [9.17, 15) is 4.79 Å². The molecule has 0 aromatic carbocycles. The largest absolute Gasteiger partial charge is 0.476 e. The molecule has 0 spiro atoms. The van der Waals surface area contributed by atoms with Crippen molar-refractivity contribution in [3.05, 3.63) is 23.9 Å². The molecule has 0 radical (unpaired) electrons. The summed E-state index contributed by atoms with van der Waals surface area (Å²) < 4.78 is 5.98. The van der Waals surface area contributed by atoms with Gasteiger partial charge in [-0.3, -0.25) is 4.79 Å². The minimum atomic E-state index is -0.582. The van der Waals surface area contributed by atoms with Crippen LogP contribution in [0.15, 0.2) is 18.3 Å². The number of ether oxygens (including phenoxy) is 1. The van der Waals surface area contributed by atoms with Crippen LogP contribution in [0.2, 0.25) is 0 Å². The van der Waals surface area contributed by atoms with Gasteiger partial charge in [-0.25, -0.2) is 4.98 Å². The second kappa shape index (κ2) is 7.32. The van der Waals surface area contributed by atoms with Crippen molar-refractivity contribution in [3.8, 4) is 5.88 Å². The molecule has 2 aliphatic rings. The Morgan fingerprint density at radius 1 is 1.40 bits per heavy atom. The van der Waals surface area contributed by atoms with Gasteiger partial charge in [0.25, 0.3) is 0 Å². The predicted molar refractivity (Wildman–Crippen MR) is 98.7 cm³/mol. The molecule has 1 saturated heterocycles. The fraction of sp³-hybridized carbons (Fsp3) is 0.700. The number of carbonyl (C=O) groups excluding carboxylic acids is 1. The van der Waals surface area contributed by atoms with Gasteiger partial charge in [0.15, 0.2) is 0 Å². The Morgan fingerprint density at radius 3 is 2.84 bits per heavy atom. The Balaban J connectivity index is 1.57. The van der Waals surface area contributed by atoms with E-state index < -0.39 is 5.41 Å². The van der Waals surface area contributed by atoms with Crippen LogP contribution in [-0.2, 0) is 4.79 Å². The van der Waals surface area contributed by atoms with Crippen molar-refractivity contribution >= 4 is 5.91 Å². The molecule has 3 rings (SSSR count). The fourth-order valence-corrected chi connectivity index (χ4v) is 3.48. The summed E-state index contributed by atoms with van der Waals surface area (Å²) in [6.07, 6.45) is 5.18. The van der Waals surface area contributed by atoms with E-state index in [4.69, 9.17) is 4.74 Å². The van der Waals surface area contributed by atoms with Crippen LogP contribution in [0.25, 0.3) is 0 Å². The maximum atomic E-state index is 12.8. The Bertz CT molecular complexity index is 613. The molecule has 1 saturated carbocycles. The Kier molecular flexibility index (Phi) is 5.32. The molecule has 0 bridgehead atoms. The van der Waals surface area contributed by atoms with Gasteiger partial charge in [0, 0.05) is 24.3 Å². The van der Waals surface area contributed by atoms with Gasteiger partial charge in [-0.05, 0) is 64.6 Å². The third kappa shape index (κ3) is 4.51. The molecule has 5 heteroatoms. The summed E-state index contributed by atoms with van der Waals surface area (Å²) >= 11 is 0. The van der Waals surface area contributed by atoms with Crippen LogP contribution in [-0.4, -0.2) is 48.6 Å². The summed E-state index contributed by atoms with van der Waals surface area (Å²) in [5, 5.41) is 3.25.